The van der Waals surface area contributed by atoms with Crippen molar-refractivity contribution >= 4 is 82.1 Å². The van der Waals surface area contributed by atoms with Crippen LogP contribution in [0.25, 0.3) is 5.57 Å². The summed E-state index contributed by atoms with van der Waals surface area (Å²) in [6.07, 6.45) is 0. The molecular weight excluding hydrogens is 594 g/mol. The molecule has 0 radical (unpaired) electrons. The molecule has 1 aromatic carbocycles. The first-order chi connectivity index (χ1) is 19.3. The van der Waals surface area contributed by atoms with Crippen molar-refractivity contribution in [3.8, 4) is 0 Å². The minimum Gasteiger partial charge on any atom is -0.466 e. The molecule has 214 valence electrons. The number of thioether (sulfide) groups is 3. The Bertz CT molecular complexity index is 1590. The number of fused-ring (bicyclic) bond motifs is 2. The zero-order chi connectivity index (χ0) is 30.2. The summed E-state index contributed by atoms with van der Waals surface area (Å²) in [6.45, 7) is 5.15. The number of aryl methyl sites for hydroxylation is 1. The highest BCUT2D eigenvalue weighted by Gasteiger charge is 2.63. The Morgan fingerprint density at radius 3 is 1.80 bits per heavy atom. The van der Waals surface area contributed by atoms with E-state index in [9.17, 15) is 28.8 Å². The third-order valence-electron chi connectivity index (χ3n) is 7.13. The molecule has 0 saturated heterocycles. The van der Waals surface area contributed by atoms with Crippen molar-refractivity contribution in [3.05, 3.63) is 54.0 Å². The Morgan fingerprint density at radius 1 is 0.780 bits per heavy atom. The van der Waals surface area contributed by atoms with Crippen LogP contribution in [0.15, 0.2) is 37.3 Å². The number of rotatable bonds is 4. The van der Waals surface area contributed by atoms with Crippen molar-refractivity contribution < 1.29 is 47.7 Å². The summed E-state index contributed by atoms with van der Waals surface area (Å²) in [7, 11) is 4.57. The van der Waals surface area contributed by atoms with Gasteiger partial charge in [0.15, 0.2) is 0 Å². The Labute approximate surface area is 247 Å². The molecule has 0 unspecified atom stereocenters. The molecule has 1 aromatic rings. The average Bonchev–Trinajstić information content (AvgIpc) is 3.47. The fraction of sp³-hybridized carbons (Fsp3) is 0.333. The Balaban J connectivity index is 1.94. The summed E-state index contributed by atoms with van der Waals surface area (Å²) < 4.78 is 18.4. The number of ketones is 1. The van der Waals surface area contributed by atoms with Gasteiger partial charge in [-0.25, -0.2) is 19.2 Å². The van der Waals surface area contributed by atoms with Gasteiger partial charge in [0.1, 0.15) is 18.8 Å². The molecule has 5 rings (SSSR count). The Morgan fingerprint density at radius 2 is 1.29 bits per heavy atom. The largest absolute Gasteiger partial charge is 0.466 e. The van der Waals surface area contributed by atoms with Crippen molar-refractivity contribution in [2.45, 2.75) is 30.4 Å². The first-order valence-corrected chi connectivity index (χ1v) is 14.4. The van der Waals surface area contributed by atoms with Gasteiger partial charge in [-0.05, 0) is 26.3 Å². The van der Waals surface area contributed by atoms with Crippen LogP contribution in [0.5, 0.6) is 0 Å². The molecule has 0 aromatic heterocycles. The molecule has 1 amide bonds. The maximum Gasteiger partial charge on any atom is 0.345 e. The number of nitrogens with zero attached hydrogens (tertiary/aromatic N) is 1. The van der Waals surface area contributed by atoms with Gasteiger partial charge in [0.25, 0.3) is 11.7 Å². The summed E-state index contributed by atoms with van der Waals surface area (Å²) in [5.74, 6) is -4.92. The summed E-state index contributed by atoms with van der Waals surface area (Å²) >= 11 is 2.57. The number of ether oxygens (including phenoxy) is 4. The standard InChI is InChI=1S/C27H23NO10S3/c1-10-8-9-11-13-20(26(2,3)28-15(11)12(10)16(29)21(28)30)39-17(23(32)36-5)14(22(31)35-4)27(13)40-18(24(33)37-6)19(41-27)25(34)38-7/h8-9H,1-7H3. The van der Waals surface area contributed by atoms with E-state index in [0.717, 1.165) is 63.7 Å². The number of carbonyl (C=O) groups is 6. The van der Waals surface area contributed by atoms with Gasteiger partial charge in [-0.1, -0.05) is 47.4 Å². The van der Waals surface area contributed by atoms with Crippen molar-refractivity contribution in [1.29, 1.82) is 0 Å². The second-order valence-electron chi connectivity index (χ2n) is 9.64. The third kappa shape index (κ3) is 3.76. The zero-order valence-corrected chi connectivity index (χ0v) is 25.4. The third-order valence-corrected chi connectivity index (χ3v) is 11.8. The van der Waals surface area contributed by atoms with Crippen LogP contribution in [0.4, 0.5) is 5.69 Å². The van der Waals surface area contributed by atoms with Gasteiger partial charge in [-0.2, -0.15) is 0 Å². The smallest absolute Gasteiger partial charge is 0.345 e. The molecule has 0 N–H and O–H groups in total. The van der Waals surface area contributed by atoms with E-state index < -0.39 is 45.2 Å². The van der Waals surface area contributed by atoms with E-state index in [1.54, 1.807) is 32.9 Å². The van der Waals surface area contributed by atoms with Crippen molar-refractivity contribution in [2.24, 2.45) is 0 Å². The fourth-order valence-electron chi connectivity index (χ4n) is 5.34. The monoisotopic (exact) mass is 617 g/mol. The molecule has 11 nitrogen and oxygen atoms in total. The molecule has 0 atom stereocenters. The summed E-state index contributed by atoms with van der Waals surface area (Å²) in [4.78, 5) is 80.9. The lowest BCUT2D eigenvalue weighted by Crippen LogP contribution is -2.52. The zero-order valence-electron chi connectivity index (χ0n) is 22.9. The van der Waals surface area contributed by atoms with Crippen molar-refractivity contribution in [1.82, 2.24) is 0 Å². The van der Waals surface area contributed by atoms with E-state index >= 15 is 0 Å². The molecule has 0 bridgehead atoms. The van der Waals surface area contributed by atoms with Gasteiger partial charge in [-0.3, -0.25) is 14.5 Å². The number of methoxy groups -OCH3 is 4. The number of hydrogen-bond donors (Lipinski definition) is 0. The van der Waals surface area contributed by atoms with Gasteiger partial charge in [-0.15, -0.1) is 0 Å². The van der Waals surface area contributed by atoms with Crippen molar-refractivity contribution in [2.75, 3.05) is 33.3 Å². The number of carbonyl (C=O) groups excluding carboxylic acids is 6. The fourth-order valence-corrected chi connectivity index (χ4v) is 10.4. The van der Waals surface area contributed by atoms with Crippen LogP contribution in [0.3, 0.4) is 0 Å². The average molecular weight is 618 g/mol. The van der Waals surface area contributed by atoms with Crippen LogP contribution in [0.2, 0.25) is 0 Å². The topological polar surface area (TPSA) is 143 Å². The van der Waals surface area contributed by atoms with E-state index in [2.05, 4.69) is 0 Å². The van der Waals surface area contributed by atoms with Crippen LogP contribution < -0.4 is 4.90 Å². The highest BCUT2D eigenvalue weighted by Crippen LogP contribution is 2.71. The van der Waals surface area contributed by atoms with Crippen LogP contribution in [-0.4, -0.2) is 73.6 Å². The van der Waals surface area contributed by atoms with E-state index in [-0.39, 0.29) is 25.9 Å². The highest BCUT2D eigenvalue weighted by molar-refractivity contribution is 8.26. The van der Waals surface area contributed by atoms with E-state index in [4.69, 9.17) is 18.9 Å². The number of hydrogen-bond acceptors (Lipinski definition) is 13. The molecule has 4 aliphatic rings. The first-order valence-electron chi connectivity index (χ1n) is 12.0. The summed E-state index contributed by atoms with van der Waals surface area (Å²) in [6, 6.07) is 3.40. The number of benzene rings is 1. The van der Waals surface area contributed by atoms with E-state index in [1.807, 2.05) is 0 Å². The van der Waals surface area contributed by atoms with Crippen LogP contribution in [0, 0.1) is 6.92 Å². The van der Waals surface area contributed by atoms with Gasteiger partial charge in [0, 0.05) is 16.0 Å². The minimum atomic E-state index is -1.69. The maximum atomic E-state index is 13.6. The molecule has 0 fully saturated rings. The maximum absolute atomic E-state index is 13.6. The summed E-state index contributed by atoms with van der Waals surface area (Å²) in [5, 5.41) is 0. The molecule has 14 heteroatoms. The molecule has 4 heterocycles. The van der Waals surface area contributed by atoms with Gasteiger partial charge in [0.2, 0.25) is 0 Å². The van der Waals surface area contributed by atoms with Crippen LogP contribution in [-0.2, 0) is 42.9 Å². The number of Topliss-reactive ketones (excluding diaryl/α,β-unsaturated/α-hetero) is 1. The predicted molar refractivity (Wildman–Crippen MR) is 152 cm³/mol. The molecule has 0 aliphatic carbocycles. The van der Waals surface area contributed by atoms with Crippen molar-refractivity contribution in [3.63, 3.8) is 0 Å². The molecule has 0 saturated carbocycles. The first kappa shape index (κ1) is 29.0. The van der Waals surface area contributed by atoms with Crippen LogP contribution >= 0.6 is 35.3 Å². The molecule has 4 aliphatic heterocycles. The molecule has 41 heavy (non-hydrogen) atoms. The highest BCUT2D eigenvalue weighted by atomic mass is 32.2. The SMILES string of the molecule is COC(=O)C1=C(C(=O)OC)SC2(S1)C(C(=O)OC)=C(C(=O)OC)SC1=C2c2ccc(C)c3c2N(C(=O)C3=O)C1(C)C. The Hall–Kier alpha value is -3.49. The normalized spacial score (nSPS) is 19.8. The lowest BCUT2D eigenvalue weighted by Gasteiger charge is -2.49. The second-order valence-corrected chi connectivity index (χ2v) is 13.4. The second kappa shape index (κ2) is 9.81. The summed E-state index contributed by atoms with van der Waals surface area (Å²) in [5.41, 5.74) is 0.598. The Kier molecular flexibility index (Phi) is 6.94. The molecular formula is C27H23NO10S3. The van der Waals surface area contributed by atoms with Crippen LogP contribution in [0.1, 0.15) is 35.3 Å². The minimum absolute atomic E-state index is 0.148. The predicted octanol–water partition coefficient (Wildman–Crippen LogP) is 3.11. The number of esters is 4. The lowest BCUT2D eigenvalue weighted by atomic mass is 9.83. The van der Waals surface area contributed by atoms with Gasteiger partial charge >= 0.3 is 23.9 Å². The van der Waals surface area contributed by atoms with Gasteiger partial charge < -0.3 is 18.9 Å². The number of amides is 1. The quantitative estimate of drug-likeness (QED) is 0.278. The van der Waals surface area contributed by atoms with E-state index in [1.165, 1.54) is 4.90 Å². The lowest BCUT2D eigenvalue weighted by molar-refractivity contribution is -0.138. The molecule has 1 spiro atoms. The van der Waals surface area contributed by atoms with Gasteiger partial charge in [0.05, 0.1) is 50.8 Å². The van der Waals surface area contributed by atoms with E-state index in [0.29, 0.717) is 27.3 Å². The number of anilines is 1.